The SMILES string of the molecule is CN1CCCN(Cc2ccc(CN(C)Cc3ccc(COc4ncc(-c5cc(Cl)c(O)c(Cl)c5)nn4)cc3)cc2)CC1. The molecule has 1 fully saturated rings. The third-order valence-electron chi connectivity index (χ3n) is 7.39. The molecule has 5 rings (SSSR count). The Labute approximate surface area is 257 Å². The van der Waals surface area contributed by atoms with Crippen LogP contribution in [0, 0.1) is 0 Å². The van der Waals surface area contributed by atoms with Crippen molar-refractivity contribution >= 4 is 23.2 Å². The molecule has 0 atom stereocenters. The third kappa shape index (κ3) is 8.40. The molecule has 8 nitrogen and oxygen atoms in total. The Balaban J connectivity index is 1.07. The van der Waals surface area contributed by atoms with Crippen LogP contribution in [0.2, 0.25) is 10.0 Å². The summed E-state index contributed by atoms with van der Waals surface area (Å²) in [6, 6.07) is 20.7. The zero-order valence-electron chi connectivity index (χ0n) is 24.0. The number of hydrogen-bond donors (Lipinski definition) is 1. The maximum absolute atomic E-state index is 9.74. The van der Waals surface area contributed by atoms with Gasteiger partial charge >= 0.3 is 6.01 Å². The van der Waals surface area contributed by atoms with Crippen molar-refractivity contribution < 1.29 is 9.84 Å². The number of hydrogen-bond acceptors (Lipinski definition) is 8. The first kappa shape index (κ1) is 30.2. The third-order valence-corrected chi connectivity index (χ3v) is 7.97. The van der Waals surface area contributed by atoms with Crippen molar-refractivity contribution in [2.24, 2.45) is 0 Å². The number of phenolic OH excluding ortho intramolecular Hbond substituents is 1. The van der Waals surface area contributed by atoms with E-state index in [1.807, 2.05) is 0 Å². The zero-order chi connectivity index (χ0) is 29.5. The van der Waals surface area contributed by atoms with Gasteiger partial charge in [0.25, 0.3) is 0 Å². The Morgan fingerprint density at radius 1 is 0.833 bits per heavy atom. The minimum atomic E-state index is -0.169. The summed E-state index contributed by atoms with van der Waals surface area (Å²) < 4.78 is 5.73. The fraction of sp³-hybridized carbons (Fsp3) is 0.344. The van der Waals surface area contributed by atoms with Crippen LogP contribution in [-0.2, 0) is 26.2 Å². The van der Waals surface area contributed by atoms with Gasteiger partial charge in [0.2, 0.25) is 0 Å². The van der Waals surface area contributed by atoms with Crippen LogP contribution in [-0.4, -0.2) is 75.3 Å². The maximum Gasteiger partial charge on any atom is 0.336 e. The Kier molecular flexibility index (Phi) is 10.3. The van der Waals surface area contributed by atoms with E-state index in [1.54, 1.807) is 12.1 Å². The Bertz CT molecular complexity index is 1430. The first-order valence-corrected chi connectivity index (χ1v) is 14.8. The lowest BCUT2D eigenvalue weighted by atomic mass is 10.1. The number of benzene rings is 3. The standard InChI is InChI=1S/C32H36Cl2N6O2/c1-38-12-3-13-40(15-14-38)21-25-6-4-23(5-7-25)19-39(2)20-24-8-10-26(11-9-24)22-42-32-35-18-30(36-37-32)27-16-28(33)31(41)29(34)17-27/h4-11,16-18,41H,3,12-15,19-22H2,1-2H3. The molecule has 1 N–H and O–H groups in total. The summed E-state index contributed by atoms with van der Waals surface area (Å²) in [6.45, 7) is 7.74. The van der Waals surface area contributed by atoms with Gasteiger partial charge in [-0.1, -0.05) is 76.8 Å². The van der Waals surface area contributed by atoms with Crippen molar-refractivity contribution in [3.63, 3.8) is 0 Å². The molecule has 1 saturated heterocycles. The second-order valence-electron chi connectivity index (χ2n) is 10.9. The van der Waals surface area contributed by atoms with Gasteiger partial charge in [-0.15, -0.1) is 5.10 Å². The lowest BCUT2D eigenvalue weighted by molar-refractivity contribution is 0.269. The van der Waals surface area contributed by atoms with Gasteiger partial charge in [-0.25, -0.2) is 4.98 Å². The van der Waals surface area contributed by atoms with Gasteiger partial charge in [-0.2, -0.15) is 0 Å². The van der Waals surface area contributed by atoms with E-state index in [0.717, 1.165) is 38.3 Å². The molecule has 4 aromatic rings. The smallest absolute Gasteiger partial charge is 0.336 e. The molecule has 0 aliphatic carbocycles. The van der Waals surface area contributed by atoms with Crippen molar-refractivity contribution in [1.29, 1.82) is 0 Å². The van der Waals surface area contributed by atoms with Crippen LogP contribution in [0.3, 0.4) is 0 Å². The summed E-state index contributed by atoms with van der Waals surface area (Å²) in [5.41, 5.74) is 6.02. The Morgan fingerprint density at radius 3 is 2.07 bits per heavy atom. The molecule has 2 heterocycles. The van der Waals surface area contributed by atoms with Crippen molar-refractivity contribution in [3.8, 4) is 23.0 Å². The summed E-state index contributed by atoms with van der Waals surface area (Å²) in [7, 11) is 4.36. The average Bonchev–Trinajstić information content (AvgIpc) is 3.20. The highest BCUT2D eigenvalue weighted by atomic mass is 35.5. The molecule has 3 aromatic carbocycles. The number of halogens is 2. The van der Waals surface area contributed by atoms with Gasteiger partial charge < -0.3 is 14.7 Å². The monoisotopic (exact) mass is 606 g/mol. The van der Waals surface area contributed by atoms with Crippen molar-refractivity contribution in [2.75, 3.05) is 40.3 Å². The second-order valence-corrected chi connectivity index (χ2v) is 11.8. The Hall–Kier alpha value is -3.27. The van der Waals surface area contributed by atoms with Crippen LogP contribution >= 0.6 is 23.2 Å². The number of phenols is 1. The number of rotatable bonds is 10. The van der Waals surface area contributed by atoms with E-state index in [-0.39, 0.29) is 21.8 Å². The fourth-order valence-corrected chi connectivity index (χ4v) is 5.50. The average molecular weight is 608 g/mol. The van der Waals surface area contributed by atoms with Crippen molar-refractivity contribution in [3.05, 3.63) is 99.2 Å². The van der Waals surface area contributed by atoms with Crippen LogP contribution in [0.4, 0.5) is 0 Å². The highest BCUT2D eigenvalue weighted by Gasteiger charge is 2.13. The molecule has 10 heteroatoms. The lowest BCUT2D eigenvalue weighted by Gasteiger charge is -2.21. The number of ether oxygens (including phenoxy) is 1. The maximum atomic E-state index is 9.74. The molecular weight excluding hydrogens is 571 g/mol. The lowest BCUT2D eigenvalue weighted by Crippen LogP contribution is -2.28. The van der Waals surface area contributed by atoms with Crippen LogP contribution in [0.25, 0.3) is 11.3 Å². The predicted molar refractivity (Wildman–Crippen MR) is 167 cm³/mol. The minimum Gasteiger partial charge on any atom is -0.505 e. The molecule has 0 saturated carbocycles. The van der Waals surface area contributed by atoms with Gasteiger partial charge in [0, 0.05) is 38.3 Å². The molecular formula is C32H36Cl2N6O2. The van der Waals surface area contributed by atoms with E-state index in [1.165, 1.54) is 42.4 Å². The number of likely N-dealkylation sites (N-methyl/N-ethyl adjacent to an activating group) is 1. The summed E-state index contributed by atoms with van der Waals surface area (Å²) in [4.78, 5) is 11.5. The van der Waals surface area contributed by atoms with Gasteiger partial charge in [0.05, 0.1) is 16.2 Å². The molecule has 0 spiro atoms. The van der Waals surface area contributed by atoms with Gasteiger partial charge in [-0.05, 0) is 68.0 Å². The van der Waals surface area contributed by atoms with Crippen LogP contribution in [0.5, 0.6) is 11.8 Å². The summed E-state index contributed by atoms with van der Waals surface area (Å²) >= 11 is 12.0. The van der Waals surface area contributed by atoms with E-state index in [2.05, 4.69) is 92.5 Å². The number of nitrogens with zero attached hydrogens (tertiary/aromatic N) is 6. The van der Waals surface area contributed by atoms with E-state index < -0.39 is 0 Å². The summed E-state index contributed by atoms with van der Waals surface area (Å²) in [6.07, 6.45) is 2.77. The van der Waals surface area contributed by atoms with Gasteiger partial charge in [0.15, 0.2) is 5.75 Å². The minimum absolute atomic E-state index is 0.135. The molecule has 1 aliphatic rings. The largest absolute Gasteiger partial charge is 0.505 e. The molecule has 0 unspecified atom stereocenters. The van der Waals surface area contributed by atoms with Crippen molar-refractivity contribution in [1.82, 2.24) is 29.9 Å². The normalized spacial score (nSPS) is 14.7. The van der Waals surface area contributed by atoms with Crippen LogP contribution < -0.4 is 4.74 Å². The second kappa shape index (κ2) is 14.3. The number of aromatic nitrogens is 3. The van der Waals surface area contributed by atoms with Gasteiger partial charge in [0.1, 0.15) is 12.3 Å². The summed E-state index contributed by atoms with van der Waals surface area (Å²) in [5.74, 6) is -0.169. The molecule has 0 amide bonds. The summed E-state index contributed by atoms with van der Waals surface area (Å²) in [5, 5.41) is 18.2. The molecule has 0 bridgehead atoms. The molecule has 1 aliphatic heterocycles. The number of aromatic hydroxyl groups is 1. The van der Waals surface area contributed by atoms with E-state index in [4.69, 9.17) is 27.9 Å². The molecule has 1 aromatic heterocycles. The highest BCUT2D eigenvalue weighted by molar-refractivity contribution is 6.37. The Morgan fingerprint density at radius 2 is 1.45 bits per heavy atom. The van der Waals surface area contributed by atoms with Crippen molar-refractivity contribution in [2.45, 2.75) is 32.7 Å². The van der Waals surface area contributed by atoms with E-state index in [0.29, 0.717) is 17.9 Å². The first-order chi connectivity index (χ1) is 20.3. The van der Waals surface area contributed by atoms with E-state index >= 15 is 0 Å². The molecule has 42 heavy (non-hydrogen) atoms. The molecule has 220 valence electrons. The fourth-order valence-electron chi connectivity index (χ4n) is 5.01. The van der Waals surface area contributed by atoms with Gasteiger partial charge in [-0.3, -0.25) is 9.80 Å². The highest BCUT2D eigenvalue weighted by Crippen LogP contribution is 2.35. The molecule has 0 radical (unpaired) electrons. The zero-order valence-corrected chi connectivity index (χ0v) is 25.5. The first-order valence-electron chi connectivity index (χ1n) is 14.1. The topological polar surface area (TPSA) is 77.9 Å². The predicted octanol–water partition coefficient (Wildman–Crippen LogP) is 5.90. The van der Waals surface area contributed by atoms with Crippen LogP contribution in [0.15, 0.2) is 66.9 Å². The van der Waals surface area contributed by atoms with Crippen LogP contribution in [0.1, 0.15) is 28.7 Å². The quantitative estimate of drug-likeness (QED) is 0.239. The van der Waals surface area contributed by atoms with E-state index in [9.17, 15) is 5.11 Å².